The van der Waals surface area contributed by atoms with Crippen LogP contribution in [0.5, 0.6) is 0 Å². The van der Waals surface area contributed by atoms with Gasteiger partial charge in [-0.3, -0.25) is 4.79 Å². The first-order chi connectivity index (χ1) is 11.7. The number of allylic oxidation sites excluding steroid dienone is 1. The van der Waals surface area contributed by atoms with Crippen molar-refractivity contribution in [3.05, 3.63) is 76.3 Å². The quantitative estimate of drug-likeness (QED) is 0.911. The Balaban J connectivity index is 2.21. The second kappa shape index (κ2) is 6.58. The van der Waals surface area contributed by atoms with E-state index in [0.717, 1.165) is 5.56 Å². The molecule has 24 heavy (non-hydrogen) atoms. The van der Waals surface area contributed by atoms with Crippen molar-refractivity contribution >= 4 is 23.2 Å². The number of carbonyl (C=O) groups excluding carboxylic acids is 1. The minimum absolute atomic E-state index is 0.370. The van der Waals surface area contributed by atoms with Gasteiger partial charge in [0.1, 0.15) is 5.92 Å². The number of nitrogens with one attached hydrogen (secondary N) is 1. The van der Waals surface area contributed by atoms with E-state index >= 15 is 0 Å². The number of benzene rings is 2. The van der Waals surface area contributed by atoms with Gasteiger partial charge in [0.05, 0.1) is 23.4 Å². The van der Waals surface area contributed by atoms with Gasteiger partial charge in [-0.15, -0.1) is 0 Å². The second-order valence-electron chi connectivity index (χ2n) is 5.39. The lowest BCUT2D eigenvalue weighted by Gasteiger charge is -2.29. The predicted octanol–water partition coefficient (Wildman–Crippen LogP) is 3.63. The van der Waals surface area contributed by atoms with Crippen LogP contribution in [-0.2, 0) is 4.79 Å². The third kappa shape index (κ3) is 2.76. The highest BCUT2D eigenvalue weighted by molar-refractivity contribution is 6.30. The minimum Gasteiger partial charge on any atom is -0.323 e. The van der Waals surface area contributed by atoms with Crippen molar-refractivity contribution in [2.24, 2.45) is 5.92 Å². The normalized spacial score (nSPS) is 20.0. The largest absolute Gasteiger partial charge is 0.323 e. The summed E-state index contributed by atoms with van der Waals surface area (Å²) in [7, 11) is 0. The topological polar surface area (TPSA) is 76.7 Å². The van der Waals surface area contributed by atoms with Crippen molar-refractivity contribution in [3.8, 4) is 12.1 Å². The highest BCUT2D eigenvalue weighted by Crippen LogP contribution is 2.39. The van der Waals surface area contributed by atoms with Gasteiger partial charge in [-0.2, -0.15) is 10.5 Å². The number of hydrogen-bond donors (Lipinski definition) is 1. The molecule has 2 aromatic carbocycles. The number of nitriles is 2. The molecule has 116 valence electrons. The molecular formula is C19H12ClN3O. The molecule has 0 saturated heterocycles. The summed E-state index contributed by atoms with van der Waals surface area (Å²) in [5, 5.41) is 22.4. The third-order valence-corrected chi connectivity index (χ3v) is 4.25. The van der Waals surface area contributed by atoms with Crippen LogP contribution in [0.4, 0.5) is 0 Å². The average molecular weight is 334 g/mol. The zero-order valence-corrected chi connectivity index (χ0v) is 13.3. The number of nitrogens with zero attached hydrogens (tertiary/aromatic N) is 2. The molecule has 0 radical (unpaired) electrons. The Hall–Kier alpha value is -3.08. The van der Waals surface area contributed by atoms with E-state index in [1.54, 1.807) is 24.3 Å². The maximum Gasteiger partial charge on any atom is 0.242 e. The van der Waals surface area contributed by atoms with Crippen molar-refractivity contribution in [1.29, 1.82) is 10.5 Å². The third-order valence-electron chi connectivity index (χ3n) is 4.00. The molecule has 4 nitrogen and oxygen atoms in total. The Morgan fingerprint density at radius 3 is 2.25 bits per heavy atom. The van der Waals surface area contributed by atoms with E-state index < -0.39 is 17.7 Å². The van der Waals surface area contributed by atoms with Gasteiger partial charge in [0.2, 0.25) is 5.91 Å². The number of rotatable bonds is 2. The SMILES string of the molecule is N#CC1=C(c2ccccc2)NC(=O)C(C#N)C1c1ccc(Cl)cc1. The van der Waals surface area contributed by atoms with E-state index in [4.69, 9.17) is 11.6 Å². The molecule has 0 saturated carbocycles. The molecule has 1 amide bonds. The molecule has 1 aliphatic rings. The maximum absolute atomic E-state index is 12.4. The van der Waals surface area contributed by atoms with Crippen LogP contribution in [0.1, 0.15) is 17.0 Å². The summed E-state index contributed by atoms with van der Waals surface area (Å²) in [4.78, 5) is 12.4. The molecule has 1 N–H and O–H groups in total. The van der Waals surface area contributed by atoms with E-state index in [1.165, 1.54) is 0 Å². The number of halogens is 1. The molecule has 0 aliphatic carbocycles. The van der Waals surface area contributed by atoms with Crippen LogP contribution in [0.2, 0.25) is 5.02 Å². The molecule has 1 heterocycles. The van der Waals surface area contributed by atoms with Gasteiger partial charge in [0.25, 0.3) is 0 Å². The smallest absolute Gasteiger partial charge is 0.242 e. The second-order valence-corrected chi connectivity index (χ2v) is 5.83. The molecule has 2 unspecified atom stereocenters. The number of hydrogen-bond acceptors (Lipinski definition) is 3. The highest BCUT2D eigenvalue weighted by atomic mass is 35.5. The Labute approximate surface area is 144 Å². The molecule has 3 rings (SSSR count). The minimum atomic E-state index is -0.965. The predicted molar refractivity (Wildman–Crippen MR) is 90.4 cm³/mol. The summed E-state index contributed by atoms with van der Waals surface area (Å²) in [5.41, 5.74) is 2.27. The molecule has 1 aliphatic heterocycles. The zero-order valence-electron chi connectivity index (χ0n) is 12.5. The number of amides is 1. The van der Waals surface area contributed by atoms with E-state index in [-0.39, 0.29) is 0 Å². The standard InChI is InChI=1S/C19H12ClN3O/c20-14-8-6-12(7-9-14)17-15(10-21)18(13-4-2-1-3-5-13)23-19(24)16(17)11-22/h1-9,16-17H,(H,23,24). The van der Waals surface area contributed by atoms with Crippen molar-refractivity contribution in [2.75, 3.05) is 0 Å². The Morgan fingerprint density at radius 1 is 1.00 bits per heavy atom. The lowest BCUT2D eigenvalue weighted by Crippen LogP contribution is -2.38. The Kier molecular flexibility index (Phi) is 4.33. The summed E-state index contributed by atoms with van der Waals surface area (Å²) in [6, 6.07) is 20.2. The molecule has 2 aromatic rings. The Bertz CT molecular complexity index is 889. The van der Waals surface area contributed by atoms with E-state index in [2.05, 4.69) is 11.4 Å². The fourth-order valence-corrected chi connectivity index (χ4v) is 2.99. The summed E-state index contributed by atoms with van der Waals surface area (Å²) in [6.45, 7) is 0. The van der Waals surface area contributed by atoms with E-state index in [1.807, 2.05) is 36.4 Å². The first-order valence-corrected chi connectivity index (χ1v) is 7.69. The van der Waals surface area contributed by atoms with Crippen molar-refractivity contribution in [3.63, 3.8) is 0 Å². The van der Waals surface area contributed by atoms with Crippen LogP contribution in [0.25, 0.3) is 5.70 Å². The van der Waals surface area contributed by atoms with Gasteiger partial charge >= 0.3 is 0 Å². The number of carbonyl (C=O) groups is 1. The first kappa shape index (κ1) is 15.8. The highest BCUT2D eigenvalue weighted by Gasteiger charge is 2.39. The fraction of sp³-hybridized carbons (Fsp3) is 0.105. The monoisotopic (exact) mass is 333 g/mol. The zero-order chi connectivity index (χ0) is 17.1. The van der Waals surface area contributed by atoms with Gasteiger partial charge in [-0.25, -0.2) is 0 Å². The summed E-state index contributed by atoms with van der Waals surface area (Å²) in [6.07, 6.45) is 0. The molecule has 5 heteroatoms. The average Bonchev–Trinajstić information content (AvgIpc) is 2.62. The summed E-state index contributed by atoms with van der Waals surface area (Å²) >= 11 is 5.92. The van der Waals surface area contributed by atoms with Crippen molar-refractivity contribution in [1.82, 2.24) is 5.32 Å². The molecule has 0 bridgehead atoms. The molecule has 2 atom stereocenters. The van der Waals surface area contributed by atoms with Gasteiger partial charge in [-0.1, -0.05) is 54.1 Å². The van der Waals surface area contributed by atoms with Crippen LogP contribution >= 0.6 is 11.6 Å². The van der Waals surface area contributed by atoms with E-state index in [9.17, 15) is 15.3 Å². The Morgan fingerprint density at radius 2 is 1.67 bits per heavy atom. The molecule has 0 aromatic heterocycles. The van der Waals surface area contributed by atoms with Gasteiger partial charge < -0.3 is 5.32 Å². The van der Waals surface area contributed by atoms with Crippen LogP contribution in [0.3, 0.4) is 0 Å². The summed E-state index contributed by atoms with van der Waals surface area (Å²) in [5.74, 6) is -2.00. The fourth-order valence-electron chi connectivity index (χ4n) is 2.86. The molecule has 0 spiro atoms. The van der Waals surface area contributed by atoms with Crippen LogP contribution in [-0.4, -0.2) is 5.91 Å². The van der Waals surface area contributed by atoms with Crippen LogP contribution < -0.4 is 5.32 Å². The van der Waals surface area contributed by atoms with Crippen LogP contribution in [0.15, 0.2) is 60.2 Å². The van der Waals surface area contributed by atoms with Crippen molar-refractivity contribution in [2.45, 2.75) is 5.92 Å². The first-order valence-electron chi connectivity index (χ1n) is 7.31. The van der Waals surface area contributed by atoms with Crippen LogP contribution in [0, 0.1) is 28.6 Å². The molecule has 0 fully saturated rings. The maximum atomic E-state index is 12.4. The van der Waals surface area contributed by atoms with Gasteiger partial charge in [-0.05, 0) is 23.3 Å². The van der Waals surface area contributed by atoms with Gasteiger partial charge in [0.15, 0.2) is 0 Å². The van der Waals surface area contributed by atoms with E-state index in [0.29, 0.717) is 21.9 Å². The van der Waals surface area contributed by atoms with Crippen molar-refractivity contribution < 1.29 is 4.79 Å². The van der Waals surface area contributed by atoms with Gasteiger partial charge in [0, 0.05) is 10.9 Å². The summed E-state index contributed by atoms with van der Waals surface area (Å²) < 4.78 is 0. The lowest BCUT2D eigenvalue weighted by molar-refractivity contribution is -0.122. The molecular weight excluding hydrogens is 322 g/mol. The lowest BCUT2D eigenvalue weighted by atomic mass is 9.77.